The lowest BCUT2D eigenvalue weighted by molar-refractivity contribution is 1.09. The zero-order valence-corrected chi connectivity index (χ0v) is 38.1. The number of para-hydroxylation sites is 6. The molecular formula is C61H54N4. The van der Waals surface area contributed by atoms with Crippen LogP contribution in [-0.2, 0) is 0 Å². The summed E-state index contributed by atoms with van der Waals surface area (Å²) in [7, 11) is 0. The maximum atomic E-state index is 2.48. The van der Waals surface area contributed by atoms with E-state index in [1.54, 1.807) is 0 Å². The zero-order valence-electron chi connectivity index (χ0n) is 38.1. The van der Waals surface area contributed by atoms with E-state index in [2.05, 4.69) is 238 Å². The molecule has 4 aromatic heterocycles. The molecule has 65 heavy (non-hydrogen) atoms. The Kier molecular flexibility index (Phi) is 11.0. The Hall–Kier alpha value is -7.82. The van der Waals surface area contributed by atoms with E-state index in [-0.39, 0.29) is 0 Å². The van der Waals surface area contributed by atoms with Gasteiger partial charge >= 0.3 is 0 Å². The summed E-state index contributed by atoms with van der Waals surface area (Å²) in [6.07, 6.45) is 1.25. The van der Waals surface area contributed by atoms with Crippen LogP contribution < -0.4 is 0 Å². The number of nitrogens with zero attached hydrogens (tertiary/aromatic N) is 4. The SMILES string of the molecule is CC.CC.CCC.c1ccc(-n2c3ccccc3c3cc4c(cc32)c2ccccc2n4-c2ccc(-n3c4ccccc4c4ccc5c6ccccc6n(-c6ccccc6)c5c43)cc2)cc1. The fraction of sp³-hybridized carbons (Fsp3) is 0.115. The highest BCUT2D eigenvalue weighted by molar-refractivity contribution is 6.24. The average Bonchev–Trinajstić information content (AvgIpc) is 4.10. The van der Waals surface area contributed by atoms with Crippen LogP contribution in [0.15, 0.2) is 206 Å². The third kappa shape index (κ3) is 6.51. The lowest BCUT2D eigenvalue weighted by Gasteiger charge is -2.14. The molecule has 0 fully saturated rings. The summed E-state index contributed by atoms with van der Waals surface area (Å²) < 4.78 is 9.78. The van der Waals surface area contributed by atoms with Crippen molar-refractivity contribution >= 4 is 87.2 Å². The van der Waals surface area contributed by atoms with Crippen LogP contribution in [0.5, 0.6) is 0 Å². The number of rotatable bonds is 4. The monoisotopic (exact) mass is 842 g/mol. The number of aromatic nitrogens is 4. The summed E-state index contributed by atoms with van der Waals surface area (Å²) in [5.41, 5.74) is 14.2. The minimum absolute atomic E-state index is 1.13. The van der Waals surface area contributed by atoms with Crippen LogP contribution in [0.3, 0.4) is 0 Å². The fourth-order valence-electron chi connectivity index (χ4n) is 9.93. The molecule has 13 aromatic rings. The lowest BCUT2D eigenvalue weighted by Crippen LogP contribution is -1.99. The molecule has 0 aliphatic heterocycles. The molecule has 0 amide bonds. The van der Waals surface area contributed by atoms with Gasteiger partial charge < -0.3 is 18.3 Å². The van der Waals surface area contributed by atoms with Crippen LogP contribution in [0, 0.1) is 0 Å². The highest BCUT2D eigenvalue weighted by Gasteiger charge is 2.22. The Morgan fingerprint density at radius 3 is 0.877 bits per heavy atom. The van der Waals surface area contributed by atoms with Gasteiger partial charge in [0.1, 0.15) is 0 Å². The Balaban J connectivity index is 0.000000677. The van der Waals surface area contributed by atoms with Crippen molar-refractivity contribution in [3.05, 3.63) is 206 Å². The summed E-state index contributed by atoms with van der Waals surface area (Å²) in [4.78, 5) is 0. The first-order chi connectivity index (χ1) is 32.2. The molecule has 0 aliphatic rings. The van der Waals surface area contributed by atoms with E-state index in [9.17, 15) is 0 Å². The molecule has 318 valence electrons. The van der Waals surface area contributed by atoms with Gasteiger partial charge in [-0.15, -0.1) is 0 Å². The highest BCUT2D eigenvalue weighted by atomic mass is 15.1. The molecule has 0 unspecified atom stereocenters. The van der Waals surface area contributed by atoms with E-state index in [0.29, 0.717) is 0 Å². The summed E-state index contributed by atoms with van der Waals surface area (Å²) in [5, 5.41) is 9.97. The molecule has 0 bridgehead atoms. The number of fused-ring (bicyclic) bond motifs is 13. The maximum absolute atomic E-state index is 2.48. The van der Waals surface area contributed by atoms with Crippen molar-refractivity contribution in [2.75, 3.05) is 0 Å². The second-order valence-corrected chi connectivity index (χ2v) is 16.0. The van der Waals surface area contributed by atoms with Gasteiger partial charge in [0, 0.05) is 65.8 Å². The molecule has 13 rings (SSSR count). The molecule has 0 saturated carbocycles. The Morgan fingerprint density at radius 1 is 0.246 bits per heavy atom. The summed E-state index contributed by atoms with van der Waals surface area (Å²) in [5.74, 6) is 0. The highest BCUT2D eigenvalue weighted by Crippen LogP contribution is 2.43. The van der Waals surface area contributed by atoms with E-state index in [1.165, 1.54) is 99.3 Å². The van der Waals surface area contributed by atoms with Crippen molar-refractivity contribution in [2.24, 2.45) is 0 Å². The quantitative estimate of drug-likeness (QED) is 0.168. The molecule has 0 spiro atoms. The second-order valence-electron chi connectivity index (χ2n) is 16.0. The van der Waals surface area contributed by atoms with Gasteiger partial charge in [-0.05, 0) is 84.9 Å². The normalized spacial score (nSPS) is 11.3. The van der Waals surface area contributed by atoms with Crippen molar-refractivity contribution < 1.29 is 0 Å². The molecule has 0 N–H and O–H groups in total. The average molecular weight is 843 g/mol. The predicted octanol–water partition coefficient (Wildman–Crippen LogP) is 17.5. The van der Waals surface area contributed by atoms with E-state index in [1.807, 2.05) is 27.7 Å². The Morgan fingerprint density at radius 2 is 0.508 bits per heavy atom. The van der Waals surface area contributed by atoms with Gasteiger partial charge in [-0.25, -0.2) is 0 Å². The zero-order chi connectivity index (χ0) is 44.6. The maximum Gasteiger partial charge on any atom is 0.0788 e. The third-order valence-corrected chi connectivity index (χ3v) is 12.3. The van der Waals surface area contributed by atoms with Crippen molar-refractivity contribution in [1.82, 2.24) is 18.3 Å². The third-order valence-electron chi connectivity index (χ3n) is 12.3. The van der Waals surface area contributed by atoms with Crippen molar-refractivity contribution in [1.29, 1.82) is 0 Å². The van der Waals surface area contributed by atoms with Gasteiger partial charge in [0.25, 0.3) is 0 Å². The standard InChI is InChI=1S/C54H34N4.C3H8.2C2H6/c1-3-15-35(16-4-1)55-47-23-11-9-21-41(47)45-34-52-46(33-51(45)55)42-22-10-12-24-48(42)56(52)37-27-29-38(30-28-37)58-50-26-14-8-20-40(50)44-32-31-43-39-19-7-13-25-49(39)57(53(43)54(44)58)36-17-5-2-6-18-36;1-3-2;2*1-2/h1-34H;3H2,1-2H3;2*1-2H3. The molecule has 4 nitrogen and oxygen atoms in total. The van der Waals surface area contributed by atoms with Gasteiger partial charge in [0.15, 0.2) is 0 Å². The topological polar surface area (TPSA) is 19.7 Å². The molecule has 0 atom stereocenters. The fourth-order valence-corrected chi connectivity index (χ4v) is 9.93. The lowest BCUT2D eigenvalue weighted by atomic mass is 10.1. The summed E-state index contributed by atoms with van der Waals surface area (Å²) >= 11 is 0. The van der Waals surface area contributed by atoms with Gasteiger partial charge in [-0.1, -0.05) is 169 Å². The number of benzene rings is 9. The molecule has 0 saturated heterocycles. The molecule has 0 radical (unpaired) electrons. The van der Waals surface area contributed by atoms with Gasteiger partial charge in [0.2, 0.25) is 0 Å². The number of hydrogen-bond acceptors (Lipinski definition) is 0. The first kappa shape index (κ1) is 41.2. The Bertz CT molecular complexity index is 3790. The van der Waals surface area contributed by atoms with Crippen LogP contribution in [0.1, 0.15) is 48.0 Å². The smallest absolute Gasteiger partial charge is 0.0788 e. The first-order valence-electron chi connectivity index (χ1n) is 23.4. The van der Waals surface area contributed by atoms with Crippen molar-refractivity contribution in [3.63, 3.8) is 0 Å². The van der Waals surface area contributed by atoms with Crippen LogP contribution >= 0.6 is 0 Å². The number of hydrogen-bond donors (Lipinski definition) is 0. The van der Waals surface area contributed by atoms with E-state index >= 15 is 0 Å². The minimum Gasteiger partial charge on any atom is -0.309 e. The van der Waals surface area contributed by atoms with Crippen molar-refractivity contribution in [2.45, 2.75) is 48.0 Å². The molecule has 0 aliphatic carbocycles. The van der Waals surface area contributed by atoms with Crippen LogP contribution in [0.2, 0.25) is 0 Å². The molecule has 4 heterocycles. The van der Waals surface area contributed by atoms with Gasteiger partial charge in [0.05, 0.1) is 44.1 Å². The second kappa shape index (κ2) is 17.4. The predicted molar refractivity (Wildman–Crippen MR) is 282 cm³/mol. The summed E-state index contributed by atoms with van der Waals surface area (Å²) in [6.45, 7) is 12.2. The summed E-state index contributed by atoms with van der Waals surface area (Å²) in [6, 6.07) is 75.4. The van der Waals surface area contributed by atoms with Gasteiger partial charge in [-0.2, -0.15) is 0 Å². The minimum atomic E-state index is 1.13. The molecular weight excluding hydrogens is 789 g/mol. The Labute approximate surface area is 380 Å². The first-order valence-corrected chi connectivity index (χ1v) is 23.4. The van der Waals surface area contributed by atoms with Gasteiger partial charge in [-0.3, -0.25) is 0 Å². The van der Waals surface area contributed by atoms with E-state index in [0.717, 1.165) is 17.1 Å². The van der Waals surface area contributed by atoms with E-state index in [4.69, 9.17) is 0 Å². The largest absolute Gasteiger partial charge is 0.309 e. The van der Waals surface area contributed by atoms with E-state index < -0.39 is 0 Å². The molecule has 9 aromatic carbocycles. The van der Waals surface area contributed by atoms with Crippen LogP contribution in [0.4, 0.5) is 0 Å². The van der Waals surface area contributed by atoms with Crippen LogP contribution in [0.25, 0.3) is 110 Å². The molecule has 4 heteroatoms. The van der Waals surface area contributed by atoms with Crippen molar-refractivity contribution in [3.8, 4) is 22.7 Å². The van der Waals surface area contributed by atoms with Crippen LogP contribution in [-0.4, -0.2) is 18.3 Å².